The Kier molecular flexibility index (Phi) is 1.92. The van der Waals surface area contributed by atoms with Gasteiger partial charge in [-0.3, -0.25) is 0 Å². The number of halogens is 4. The first-order valence-corrected chi connectivity index (χ1v) is 3.61. The number of thiophene rings is 1. The Balaban J connectivity index is 3.15. The van der Waals surface area contributed by atoms with Gasteiger partial charge in [-0.15, -0.1) is 11.3 Å². The van der Waals surface area contributed by atoms with Crippen LogP contribution >= 0.6 is 11.3 Å². The molecule has 0 aliphatic rings. The van der Waals surface area contributed by atoms with E-state index in [0.717, 1.165) is 12.3 Å². The van der Waals surface area contributed by atoms with Gasteiger partial charge in [0.15, 0.2) is 0 Å². The van der Waals surface area contributed by atoms with E-state index in [9.17, 15) is 17.6 Å². The highest BCUT2D eigenvalue weighted by Gasteiger charge is 2.35. The van der Waals surface area contributed by atoms with E-state index in [4.69, 9.17) is 0 Å². The van der Waals surface area contributed by atoms with Crippen LogP contribution in [0.2, 0.25) is 0 Å². The van der Waals surface area contributed by atoms with Crippen LogP contribution in [0.4, 0.5) is 17.6 Å². The van der Waals surface area contributed by atoms with Gasteiger partial charge in [0, 0.05) is 10.9 Å². The van der Waals surface area contributed by atoms with Crippen LogP contribution in [-0.2, 0) is 6.18 Å². The largest absolute Gasteiger partial charge is 0.425 e. The van der Waals surface area contributed by atoms with Gasteiger partial charge in [0.1, 0.15) is 10.7 Å². The lowest BCUT2D eigenvalue weighted by molar-refractivity contribution is -0.134. The van der Waals surface area contributed by atoms with Crippen molar-refractivity contribution in [2.24, 2.45) is 0 Å². The molecule has 1 aromatic heterocycles. The van der Waals surface area contributed by atoms with Gasteiger partial charge in [0.25, 0.3) is 0 Å². The summed E-state index contributed by atoms with van der Waals surface area (Å²) in [6.07, 6.45) is -4.42. The highest BCUT2D eigenvalue weighted by Crippen LogP contribution is 2.36. The van der Waals surface area contributed by atoms with E-state index >= 15 is 0 Å². The van der Waals surface area contributed by atoms with Crippen molar-refractivity contribution < 1.29 is 17.6 Å². The number of hydrogen-bond donors (Lipinski definition) is 0. The van der Waals surface area contributed by atoms with E-state index in [1.165, 1.54) is 0 Å². The lowest BCUT2D eigenvalue weighted by Crippen LogP contribution is -2.03. The maximum Gasteiger partial charge on any atom is 0.425 e. The zero-order valence-corrected chi connectivity index (χ0v) is 6.31. The molecule has 0 spiro atoms. The Morgan fingerprint density at radius 1 is 1.36 bits per heavy atom. The lowest BCUT2D eigenvalue weighted by Gasteiger charge is -2.03. The first-order chi connectivity index (χ1) is 4.93. The molecule has 1 heterocycles. The molecule has 0 saturated carbocycles. The predicted molar refractivity (Wildman–Crippen MR) is 34.0 cm³/mol. The lowest BCUT2D eigenvalue weighted by atomic mass is 10.3. The van der Waals surface area contributed by atoms with Gasteiger partial charge in [-0.1, -0.05) is 0 Å². The van der Waals surface area contributed by atoms with E-state index in [1.54, 1.807) is 0 Å². The first-order valence-electron chi connectivity index (χ1n) is 2.73. The van der Waals surface area contributed by atoms with Crippen molar-refractivity contribution in [3.8, 4) is 0 Å². The Morgan fingerprint density at radius 3 is 2.09 bits per heavy atom. The van der Waals surface area contributed by atoms with Crippen molar-refractivity contribution >= 4 is 11.3 Å². The Hall–Kier alpha value is -0.580. The van der Waals surface area contributed by atoms with Crippen molar-refractivity contribution in [2.75, 3.05) is 0 Å². The van der Waals surface area contributed by atoms with Crippen molar-refractivity contribution in [1.82, 2.24) is 0 Å². The standard InChI is InChI=1S/C6H4F4S/c1-3-4(7)2-11-5(3)6(8,9)10/h2H,1H3. The van der Waals surface area contributed by atoms with Crippen LogP contribution in [0.5, 0.6) is 0 Å². The fraction of sp³-hybridized carbons (Fsp3) is 0.333. The molecule has 0 amide bonds. The molecule has 0 aromatic carbocycles. The van der Waals surface area contributed by atoms with E-state index in [0.29, 0.717) is 11.3 Å². The molecule has 0 aliphatic heterocycles. The molecule has 0 aliphatic carbocycles. The number of alkyl halides is 3. The zero-order chi connectivity index (χ0) is 8.65. The second-order valence-corrected chi connectivity index (χ2v) is 2.92. The van der Waals surface area contributed by atoms with E-state index < -0.39 is 16.9 Å². The summed E-state index contributed by atoms with van der Waals surface area (Å²) in [4.78, 5) is -0.852. The molecule has 0 fully saturated rings. The maximum atomic E-state index is 12.4. The minimum atomic E-state index is -4.42. The molecule has 1 aromatic rings. The number of hydrogen-bond acceptors (Lipinski definition) is 1. The molecular formula is C6H4F4S. The third kappa shape index (κ3) is 1.53. The average Bonchev–Trinajstić information content (AvgIpc) is 2.11. The second kappa shape index (κ2) is 2.48. The Bertz CT molecular complexity index is 260. The molecule has 62 valence electrons. The second-order valence-electron chi connectivity index (χ2n) is 2.04. The molecule has 0 bridgehead atoms. The van der Waals surface area contributed by atoms with E-state index in [2.05, 4.69) is 0 Å². The van der Waals surface area contributed by atoms with E-state index in [1.807, 2.05) is 0 Å². The van der Waals surface area contributed by atoms with Gasteiger partial charge >= 0.3 is 6.18 Å². The predicted octanol–water partition coefficient (Wildman–Crippen LogP) is 3.21. The monoisotopic (exact) mass is 184 g/mol. The molecule has 0 N–H and O–H groups in total. The third-order valence-corrected chi connectivity index (χ3v) is 2.33. The fourth-order valence-electron chi connectivity index (χ4n) is 0.675. The fourth-order valence-corrected chi connectivity index (χ4v) is 1.48. The van der Waals surface area contributed by atoms with Gasteiger partial charge in [-0.2, -0.15) is 13.2 Å². The summed E-state index contributed by atoms with van der Waals surface area (Å²) in [5.41, 5.74) is -0.317. The smallest absolute Gasteiger partial charge is 0.206 e. The van der Waals surface area contributed by atoms with Gasteiger partial charge in [0.2, 0.25) is 0 Å². The van der Waals surface area contributed by atoms with Gasteiger partial charge in [-0.25, -0.2) is 4.39 Å². The molecule has 11 heavy (non-hydrogen) atoms. The van der Waals surface area contributed by atoms with Gasteiger partial charge < -0.3 is 0 Å². The summed E-state index contributed by atoms with van der Waals surface area (Å²) in [7, 11) is 0. The molecule has 1 rings (SSSR count). The van der Waals surface area contributed by atoms with E-state index in [-0.39, 0.29) is 5.56 Å². The van der Waals surface area contributed by atoms with Crippen LogP contribution < -0.4 is 0 Å². The summed E-state index contributed by atoms with van der Waals surface area (Å²) in [6, 6.07) is 0. The summed E-state index contributed by atoms with van der Waals surface area (Å²) in [6.45, 7) is 1.12. The van der Waals surface area contributed by atoms with Crippen LogP contribution in [0.25, 0.3) is 0 Å². The van der Waals surface area contributed by atoms with Gasteiger partial charge in [-0.05, 0) is 6.92 Å². The number of rotatable bonds is 0. The van der Waals surface area contributed by atoms with Crippen LogP contribution in [0.15, 0.2) is 5.38 Å². The average molecular weight is 184 g/mol. The van der Waals surface area contributed by atoms with Crippen LogP contribution in [-0.4, -0.2) is 0 Å². The van der Waals surface area contributed by atoms with Crippen LogP contribution in [0.3, 0.4) is 0 Å². The summed E-state index contributed by atoms with van der Waals surface area (Å²) < 4.78 is 48.1. The Morgan fingerprint density at radius 2 is 1.91 bits per heavy atom. The normalized spacial score (nSPS) is 12.1. The SMILES string of the molecule is Cc1c(F)csc1C(F)(F)F. The molecule has 0 atom stereocenters. The first kappa shape index (κ1) is 8.52. The highest BCUT2D eigenvalue weighted by atomic mass is 32.1. The molecule has 0 unspecified atom stereocenters. The molecule has 0 saturated heterocycles. The van der Waals surface area contributed by atoms with Crippen molar-refractivity contribution in [3.05, 3.63) is 21.6 Å². The molecular weight excluding hydrogens is 180 g/mol. The molecule has 0 nitrogen and oxygen atoms in total. The summed E-state index contributed by atoms with van der Waals surface area (Å²) >= 11 is 0.383. The van der Waals surface area contributed by atoms with Crippen molar-refractivity contribution in [2.45, 2.75) is 13.1 Å². The summed E-state index contributed by atoms with van der Waals surface area (Å²) in [5.74, 6) is -0.790. The summed E-state index contributed by atoms with van der Waals surface area (Å²) in [5, 5.41) is 0.859. The quantitative estimate of drug-likeness (QED) is 0.543. The van der Waals surface area contributed by atoms with Crippen LogP contribution in [0.1, 0.15) is 10.4 Å². The molecule has 5 heteroatoms. The minimum absolute atomic E-state index is 0.317. The van der Waals surface area contributed by atoms with Gasteiger partial charge in [0.05, 0.1) is 0 Å². The topological polar surface area (TPSA) is 0 Å². The minimum Gasteiger partial charge on any atom is -0.206 e. The zero-order valence-electron chi connectivity index (χ0n) is 5.50. The highest BCUT2D eigenvalue weighted by molar-refractivity contribution is 7.10. The van der Waals surface area contributed by atoms with Crippen molar-refractivity contribution in [3.63, 3.8) is 0 Å². The van der Waals surface area contributed by atoms with Crippen molar-refractivity contribution in [1.29, 1.82) is 0 Å². The molecule has 0 radical (unpaired) electrons. The maximum absolute atomic E-state index is 12.4. The van der Waals surface area contributed by atoms with Crippen LogP contribution in [0, 0.1) is 12.7 Å². The Labute approximate surface area is 64.5 Å². The third-order valence-electron chi connectivity index (χ3n) is 1.24.